The number of hydrogen-bond acceptors (Lipinski definition) is 3. The van der Waals surface area contributed by atoms with Crippen LogP contribution >= 0.6 is 0 Å². The molecule has 106 valence electrons. The maximum Gasteiger partial charge on any atom is 0.115 e. The van der Waals surface area contributed by atoms with E-state index < -0.39 is 0 Å². The lowest BCUT2D eigenvalue weighted by Gasteiger charge is -2.43. The second kappa shape index (κ2) is 6.40. The number of hydrogen-bond donors (Lipinski definition) is 2. The van der Waals surface area contributed by atoms with E-state index in [9.17, 15) is 5.11 Å². The molecular formula is C16H26N2O. The summed E-state index contributed by atoms with van der Waals surface area (Å²) < 4.78 is 0. The highest BCUT2D eigenvalue weighted by molar-refractivity contribution is 5.25. The number of aromatic hydroxyl groups is 1. The smallest absolute Gasteiger partial charge is 0.115 e. The maximum absolute atomic E-state index is 9.27. The maximum atomic E-state index is 9.27. The fourth-order valence-electron chi connectivity index (χ4n) is 3.05. The zero-order chi connectivity index (χ0) is 13.7. The van der Waals surface area contributed by atoms with E-state index in [0.717, 1.165) is 13.1 Å². The Kier molecular flexibility index (Phi) is 4.83. The SMILES string of the molecule is CN(C)C1(CNCc2ccc(O)cc2)CCCCC1. The highest BCUT2D eigenvalue weighted by Crippen LogP contribution is 2.31. The summed E-state index contributed by atoms with van der Waals surface area (Å²) in [5.74, 6) is 0.334. The van der Waals surface area contributed by atoms with E-state index in [1.807, 2.05) is 12.1 Å². The van der Waals surface area contributed by atoms with Crippen molar-refractivity contribution < 1.29 is 5.11 Å². The van der Waals surface area contributed by atoms with Crippen LogP contribution in [0.2, 0.25) is 0 Å². The van der Waals surface area contributed by atoms with Gasteiger partial charge in [0.25, 0.3) is 0 Å². The summed E-state index contributed by atoms with van der Waals surface area (Å²) in [6, 6.07) is 7.45. The molecule has 0 atom stereocenters. The van der Waals surface area contributed by atoms with E-state index in [-0.39, 0.29) is 0 Å². The Morgan fingerprint density at radius 1 is 1.11 bits per heavy atom. The quantitative estimate of drug-likeness (QED) is 0.856. The van der Waals surface area contributed by atoms with Crippen LogP contribution in [-0.2, 0) is 6.54 Å². The molecule has 0 aromatic heterocycles. The molecule has 19 heavy (non-hydrogen) atoms. The van der Waals surface area contributed by atoms with E-state index in [1.165, 1.54) is 37.7 Å². The van der Waals surface area contributed by atoms with Crippen molar-refractivity contribution in [2.75, 3.05) is 20.6 Å². The van der Waals surface area contributed by atoms with Crippen LogP contribution in [0.25, 0.3) is 0 Å². The summed E-state index contributed by atoms with van der Waals surface area (Å²) in [6.07, 6.45) is 6.66. The zero-order valence-electron chi connectivity index (χ0n) is 12.2. The second-order valence-electron chi connectivity index (χ2n) is 5.95. The van der Waals surface area contributed by atoms with Crippen LogP contribution in [0.3, 0.4) is 0 Å². The van der Waals surface area contributed by atoms with Crippen molar-refractivity contribution in [1.82, 2.24) is 10.2 Å². The number of phenolic OH excluding ortho intramolecular Hbond substituents is 1. The summed E-state index contributed by atoms with van der Waals surface area (Å²) in [5.41, 5.74) is 1.55. The first-order valence-electron chi connectivity index (χ1n) is 7.28. The van der Waals surface area contributed by atoms with Crippen LogP contribution in [0.4, 0.5) is 0 Å². The van der Waals surface area contributed by atoms with Gasteiger partial charge >= 0.3 is 0 Å². The Balaban J connectivity index is 1.87. The Morgan fingerprint density at radius 3 is 2.32 bits per heavy atom. The van der Waals surface area contributed by atoms with Crippen molar-refractivity contribution in [3.8, 4) is 5.75 Å². The number of nitrogens with one attached hydrogen (secondary N) is 1. The summed E-state index contributed by atoms with van der Waals surface area (Å²) in [4.78, 5) is 2.40. The molecule has 2 N–H and O–H groups in total. The minimum absolute atomic E-state index is 0.329. The summed E-state index contributed by atoms with van der Waals surface area (Å²) in [7, 11) is 4.40. The molecule has 1 fully saturated rings. The summed E-state index contributed by atoms with van der Waals surface area (Å²) in [6.45, 7) is 1.91. The minimum Gasteiger partial charge on any atom is -0.508 e. The number of phenols is 1. The molecule has 1 aliphatic carbocycles. The summed E-state index contributed by atoms with van der Waals surface area (Å²) in [5, 5.41) is 12.9. The zero-order valence-corrected chi connectivity index (χ0v) is 12.2. The third kappa shape index (κ3) is 3.71. The molecule has 0 unspecified atom stereocenters. The molecule has 1 saturated carbocycles. The molecule has 3 nitrogen and oxygen atoms in total. The molecule has 1 aromatic rings. The average molecular weight is 262 g/mol. The predicted molar refractivity (Wildman–Crippen MR) is 79.3 cm³/mol. The van der Waals surface area contributed by atoms with Gasteiger partial charge in [0.05, 0.1) is 0 Å². The highest BCUT2D eigenvalue weighted by Gasteiger charge is 2.33. The Labute approximate surface area is 116 Å². The Hall–Kier alpha value is -1.06. The molecule has 0 amide bonds. The van der Waals surface area contributed by atoms with Gasteiger partial charge < -0.3 is 15.3 Å². The summed E-state index contributed by atoms with van der Waals surface area (Å²) >= 11 is 0. The van der Waals surface area contributed by atoms with Crippen LogP contribution in [0, 0.1) is 0 Å². The van der Waals surface area contributed by atoms with Gasteiger partial charge in [-0.3, -0.25) is 0 Å². The van der Waals surface area contributed by atoms with Gasteiger partial charge in [0, 0.05) is 18.6 Å². The molecule has 2 rings (SSSR count). The Bertz CT molecular complexity index is 380. The van der Waals surface area contributed by atoms with Gasteiger partial charge in [-0.25, -0.2) is 0 Å². The fraction of sp³-hybridized carbons (Fsp3) is 0.625. The lowest BCUT2D eigenvalue weighted by molar-refractivity contribution is 0.0984. The van der Waals surface area contributed by atoms with Crippen LogP contribution < -0.4 is 5.32 Å². The van der Waals surface area contributed by atoms with Crippen molar-refractivity contribution >= 4 is 0 Å². The van der Waals surface area contributed by atoms with Gasteiger partial charge in [0.15, 0.2) is 0 Å². The van der Waals surface area contributed by atoms with Crippen molar-refractivity contribution in [2.45, 2.75) is 44.2 Å². The fourth-order valence-corrected chi connectivity index (χ4v) is 3.05. The lowest BCUT2D eigenvalue weighted by atomic mass is 9.80. The number of benzene rings is 1. The van der Waals surface area contributed by atoms with E-state index in [0.29, 0.717) is 11.3 Å². The molecule has 0 bridgehead atoms. The molecule has 1 aromatic carbocycles. The van der Waals surface area contributed by atoms with Crippen LogP contribution in [-0.4, -0.2) is 36.2 Å². The first kappa shape index (κ1) is 14.4. The molecule has 1 aliphatic rings. The van der Waals surface area contributed by atoms with Gasteiger partial charge in [-0.15, -0.1) is 0 Å². The van der Waals surface area contributed by atoms with E-state index in [4.69, 9.17) is 0 Å². The minimum atomic E-state index is 0.329. The monoisotopic (exact) mass is 262 g/mol. The van der Waals surface area contributed by atoms with E-state index in [2.05, 4.69) is 24.3 Å². The van der Waals surface area contributed by atoms with Crippen LogP contribution in [0.15, 0.2) is 24.3 Å². The van der Waals surface area contributed by atoms with Crippen LogP contribution in [0.1, 0.15) is 37.7 Å². The number of likely N-dealkylation sites (N-methyl/N-ethyl adjacent to an activating group) is 1. The van der Waals surface area contributed by atoms with Gasteiger partial charge in [-0.2, -0.15) is 0 Å². The highest BCUT2D eigenvalue weighted by atomic mass is 16.3. The van der Waals surface area contributed by atoms with Crippen molar-refractivity contribution in [2.24, 2.45) is 0 Å². The van der Waals surface area contributed by atoms with Crippen molar-refractivity contribution in [3.05, 3.63) is 29.8 Å². The Morgan fingerprint density at radius 2 is 1.74 bits per heavy atom. The molecule has 3 heteroatoms. The predicted octanol–water partition coefficient (Wildman–Crippen LogP) is 2.75. The molecule has 0 saturated heterocycles. The first-order chi connectivity index (χ1) is 9.12. The van der Waals surface area contributed by atoms with Gasteiger partial charge in [0.1, 0.15) is 5.75 Å². The molecule has 0 heterocycles. The topological polar surface area (TPSA) is 35.5 Å². The molecule has 0 spiro atoms. The van der Waals surface area contributed by atoms with Gasteiger partial charge in [0.2, 0.25) is 0 Å². The molecule has 0 aliphatic heterocycles. The largest absolute Gasteiger partial charge is 0.508 e. The number of nitrogens with zero attached hydrogens (tertiary/aromatic N) is 1. The number of rotatable bonds is 5. The standard InChI is InChI=1S/C16H26N2O/c1-18(2)16(10-4-3-5-11-16)13-17-12-14-6-8-15(19)9-7-14/h6-9,17,19H,3-5,10-13H2,1-2H3. The third-order valence-electron chi connectivity index (χ3n) is 4.45. The molecular weight excluding hydrogens is 236 g/mol. The van der Waals surface area contributed by atoms with E-state index in [1.54, 1.807) is 12.1 Å². The first-order valence-corrected chi connectivity index (χ1v) is 7.28. The second-order valence-corrected chi connectivity index (χ2v) is 5.95. The van der Waals surface area contributed by atoms with Gasteiger partial charge in [-0.1, -0.05) is 31.4 Å². The third-order valence-corrected chi connectivity index (χ3v) is 4.45. The average Bonchev–Trinajstić information content (AvgIpc) is 2.42. The molecule has 0 radical (unpaired) electrons. The van der Waals surface area contributed by atoms with Gasteiger partial charge in [-0.05, 0) is 44.6 Å². The lowest BCUT2D eigenvalue weighted by Crippen LogP contribution is -2.52. The van der Waals surface area contributed by atoms with Crippen molar-refractivity contribution in [3.63, 3.8) is 0 Å². The van der Waals surface area contributed by atoms with Crippen molar-refractivity contribution in [1.29, 1.82) is 0 Å². The normalized spacial score (nSPS) is 18.7. The van der Waals surface area contributed by atoms with Crippen LogP contribution in [0.5, 0.6) is 5.75 Å². The van der Waals surface area contributed by atoms with E-state index >= 15 is 0 Å².